The third-order valence-corrected chi connectivity index (χ3v) is 4.20. The minimum Gasteiger partial charge on any atom is -0.453 e. The molecule has 18 heavy (non-hydrogen) atoms. The first-order valence-electron chi connectivity index (χ1n) is 6.86. The van der Waals surface area contributed by atoms with Crippen molar-refractivity contribution in [2.75, 3.05) is 26.2 Å². The molecular weight excluding hydrogens is 292 g/mol. The second kappa shape index (κ2) is 6.73. The van der Waals surface area contributed by atoms with Gasteiger partial charge in [-0.15, -0.1) is 0 Å². The third kappa shape index (κ3) is 4.11. The van der Waals surface area contributed by atoms with E-state index in [2.05, 4.69) is 40.0 Å². The molecule has 0 amide bonds. The lowest BCUT2D eigenvalue weighted by atomic mass is 9.99. The van der Waals surface area contributed by atoms with Gasteiger partial charge in [-0.2, -0.15) is 0 Å². The second-order valence-electron chi connectivity index (χ2n) is 5.34. The Labute approximate surface area is 118 Å². The van der Waals surface area contributed by atoms with Crippen LogP contribution in [0.4, 0.5) is 0 Å². The van der Waals surface area contributed by atoms with E-state index in [1.54, 1.807) is 0 Å². The SMILES string of the molecule is CC1CCN(CCNC(C)c2ccc(Br)o2)CC1. The van der Waals surface area contributed by atoms with E-state index in [0.717, 1.165) is 29.4 Å². The van der Waals surface area contributed by atoms with Crippen molar-refractivity contribution in [1.29, 1.82) is 0 Å². The number of nitrogens with zero attached hydrogens (tertiary/aromatic N) is 1. The second-order valence-corrected chi connectivity index (χ2v) is 6.12. The van der Waals surface area contributed by atoms with Crippen LogP contribution in [0.1, 0.15) is 38.5 Å². The average molecular weight is 315 g/mol. The number of piperidine rings is 1. The fourth-order valence-electron chi connectivity index (χ4n) is 2.39. The average Bonchev–Trinajstić information content (AvgIpc) is 2.78. The van der Waals surface area contributed by atoms with Gasteiger partial charge in [-0.25, -0.2) is 0 Å². The van der Waals surface area contributed by atoms with Crippen LogP contribution in [-0.2, 0) is 0 Å². The van der Waals surface area contributed by atoms with Crippen molar-refractivity contribution in [2.24, 2.45) is 5.92 Å². The summed E-state index contributed by atoms with van der Waals surface area (Å²) in [5, 5.41) is 3.51. The minimum atomic E-state index is 0.278. The summed E-state index contributed by atoms with van der Waals surface area (Å²) in [4.78, 5) is 2.55. The molecule has 0 aliphatic carbocycles. The van der Waals surface area contributed by atoms with Crippen molar-refractivity contribution in [3.8, 4) is 0 Å². The van der Waals surface area contributed by atoms with Crippen LogP contribution in [0.25, 0.3) is 0 Å². The van der Waals surface area contributed by atoms with Crippen LogP contribution in [0.3, 0.4) is 0 Å². The van der Waals surface area contributed by atoms with Crippen molar-refractivity contribution in [3.63, 3.8) is 0 Å². The zero-order chi connectivity index (χ0) is 13.0. The van der Waals surface area contributed by atoms with Gasteiger partial charge in [0, 0.05) is 13.1 Å². The van der Waals surface area contributed by atoms with Crippen LogP contribution in [0.5, 0.6) is 0 Å². The molecule has 1 aromatic rings. The quantitative estimate of drug-likeness (QED) is 0.902. The lowest BCUT2D eigenvalue weighted by molar-refractivity contribution is 0.191. The molecule has 1 atom stereocenters. The lowest BCUT2D eigenvalue weighted by Gasteiger charge is -2.30. The lowest BCUT2D eigenvalue weighted by Crippen LogP contribution is -2.38. The van der Waals surface area contributed by atoms with Crippen molar-refractivity contribution >= 4 is 15.9 Å². The summed E-state index contributed by atoms with van der Waals surface area (Å²) in [5.74, 6) is 1.91. The molecule has 1 fully saturated rings. The molecule has 1 aliphatic rings. The Morgan fingerprint density at radius 2 is 2.17 bits per heavy atom. The number of likely N-dealkylation sites (tertiary alicyclic amines) is 1. The molecule has 0 aromatic carbocycles. The van der Waals surface area contributed by atoms with Gasteiger partial charge in [0.1, 0.15) is 5.76 Å². The van der Waals surface area contributed by atoms with Gasteiger partial charge >= 0.3 is 0 Å². The molecule has 102 valence electrons. The molecule has 4 heteroatoms. The Balaban J connectivity index is 1.66. The Morgan fingerprint density at radius 1 is 1.44 bits per heavy atom. The van der Waals surface area contributed by atoms with Crippen LogP contribution in [0.15, 0.2) is 21.2 Å². The third-order valence-electron chi connectivity index (χ3n) is 3.78. The highest BCUT2D eigenvalue weighted by Crippen LogP contribution is 2.20. The summed E-state index contributed by atoms with van der Waals surface area (Å²) in [6, 6.07) is 4.24. The Hall–Kier alpha value is -0.320. The molecule has 1 unspecified atom stereocenters. The molecule has 2 rings (SSSR count). The van der Waals surface area contributed by atoms with Crippen LogP contribution in [0, 0.1) is 5.92 Å². The standard InChI is InChI=1S/C14H23BrN2O/c1-11-5-8-17(9-6-11)10-7-16-12(2)13-3-4-14(15)18-13/h3-4,11-12,16H,5-10H2,1-2H3. The maximum Gasteiger partial charge on any atom is 0.169 e. The molecule has 0 saturated carbocycles. The monoisotopic (exact) mass is 314 g/mol. The maximum atomic E-state index is 5.54. The van der Waals surface area contributed by atoms with E-state index in [1.807, 2.05) is 12.1 Å². The van der Waals surface area contributed by atoms with E-state index in [4.69, 9.17) is 4.42 Å². The Morgan fingerprint density at radius 3 is 2.78 bits per heavy atom. The van der Waals surface area contributed by atoms with Crippen molar-refractivity contribution in [3.05, 3.63) is 22.6 Å². The number of furan rings is 1. The van der Waals surface area contributed by atoms with Gasteiger partial charge < -0.3 is 14.6 Å². The van der Waals surface area contributed by atoms with Gasteiger partial charge in [0.05, 0.1) is 6.04 Å². The van der Waals surface area contributed by atoms with Gasteiger partial charge in [0.25, 0.3) is 0 Å². The van der Waals surface area contributed by atoms with Gasteiger partial charge in [0.2, 0.25) is 0 Å². The van der Waals surface area contributed by atoms with Crippen LogP contribution < -0.4 is 5.32 Å². The fourth-order valence-corrected chi connectivity index (χ4v) is 2.71. The van der Waals surface area contributed by atoms with Crippen LogP contribution in [-0.4, -0.2) is 31.1 Å². The van der Waals surface area contributed by atoms with Crippen LogP contribution in [0.2, 0.25) is 0 Å². The number of nitrogens with one attached hydrogen (secondary N) is 1. The summed E-state index contributed by atoms with van der Waals surface area (Å²) in [7, 11) is 0. The fraction of sp³-hybridized carbons (Fsp3) is 0.714. The molecule has 1 aliphatic heterocycles. The van der Waals surface area contributed by atoms with E-state index in [1.165, 1.54) is 25.9 Å². The molecule has 0 radical (unpaired) electrons. The van der Waals surface area contributed by atoms with Gasteiger partial charge in [0.15, 0.2) is 4.67 Å². The van der Waals surface area contributed by atoms with Crippen molar-refractivity contribution < 1.29 is 4.42 Å². The molecule has 1 aromatic heterocycles. The largest absolute Gasteiger partial charge is 0.453 e. The summed E-state index contributed by atoms with van der Waals surface area (Å²) in [6.45, 7) is 9.16. The number of hydrogen-bond acceptors (Lipinski definition) is 3. The zero-order valence-electron chi connectivity index (χ0n) is 11.3. The van der Waals surface area contributed by atoms with E-state index in [-0.39, 0.29) is 6.04 Å². The molecule has 0 bridgehead atoms. The first kappa shape index (κ1) is 14.1. The molecule has 0 spiro atoms. The summed E-state index contributed by atoms with van der Waals surface area (Å²) < 4.78 is 6.34. The number of halogens is 1. The number of hydrogen-bond donors (Lipinski definition) is 1. The first-order valence-corrected chi connectivity index (χ1v) is 7.65. The smallest absolute Gasteiger partial charge is 0.169 e. The molecule has 2 heterocycles. The van der Waals surface area contributed by atoms with E-state index in [0.29, 0.717) is 0 Å². The minimum absolute atomic E-state index is 0.278. The first-order chi connectivity index (χ1) is 8.65. The summed E-state index contributed by atoms with van der Waals surface area (Å²) >= 11 is 3.33. The van der Waals surface area contributed by atoms with Gasteiger partial charge in [-0.3, -0.25) is 0 Å². The Bertz CT molecular complexity index is 358. The molecule has 1 saturated heterocycles. The van der Waals surface area contributed by atoms with E-state index >= 15 is 0 Å². The molecule has 1 N–H and O–H groups in total. The van der Waals surface area contributed by atoms with Crippen molar-refractivity contribution in [1.82, 2.24) is 10.2 Å². The summed E-state index contributed by atoms with van der Waals surface area (Å²) in [5.41, 5.74) is 0. The van der Waals surface area contributed by atoms with Gasteiger partial charge in [-0.1, -0.05) is 6.92 Å². The predicted molar refractivity (Wildman–Crippen MR) is 77.7 cm³/mol. The van der Waals surface area contributed by atoms with E-state index < -0.39 is 0 Å². The maximum absolute atomic E-state index is 5.54. The Kier molecular flexibility index (Phi) is 5.27. The summed E-state index contributed by atoms with van der Waals surface area (Å²) in [6.07, 6.45) is 2.70. The highest BCUT2D eigenvalue weighted by Gasteiger charge is 2.15. The normalized spacial score (nSPS) is 20.2. The zero-order valence-corrected chi connectivity index (χ0v) is 12.9. The van der Waals surface area contributed by atoms with Gasteiger partial charge in [-0.05, 0) is 66.8 Å². The number of rotatable bonds is 5. The molecular formula is C14H23BrN2O. The molecule has 3 nitrogen and oxygen atoms in total. The topological polar surface area (TPSA) is 28.4 Å². The highest BCUT2D eigenvalue weighted by atomic mass is 79.9. The van der Waals surface area contributed by atoms with Crippen LogP contribution >= 0.6 is 15.9 Å². The predicted octanol–water partition coefficient (Wildman–Crippen LogP) is 3.42. The van der Waals surface area contributed by atoms with E-state index in [9.17, 15) is 0 Å². The highest BCUT2D eigenvalue weighted by molar-refractivity contribution is 9.10. The van der Waals surface area contributed by atoms with Crippen molar-refractivity contribution in [2.45, 2.75) is 32.7 Å².